The van der Waals surface area contributed by atoms with Crippen molar-refractivity contribution in [2.24, 2.45) is 10.1 Å². The van der Waals surface area contributed by atoms with Crippen LogP contribution in [0.5, 0.6) is 0 Å². The molecule has 0 radical (unpaired) electrons. The molecule has 0 spiro atoms. The number of para-hydroxylation sites is 1. The zero-order valence-electron chi connectivity index (χ0n) is 14.2. The summed E-state index contributed by atoms with van der Waals surface area (Å²) in [6, 6.07) is 8.48. The third-order valence-electron chi connectivity index (χ3n) is 4.06. The third kappa shape index (κ3) is 3.01. The number of aromatic nitrogens is 4. The highest BCUT2D eigenvalue weighted by Crippen LogP contribution is 2.24. The van der Waals surface area contributed by atoms with Crippen molar-refractivity contribution < 1.29 is 4.39 Å². The molecule has 4 rings (SSSR count). The maximum absolute atomic E-state index is 13.7. The van der Waals surface area contributed by atoms with E-state index in [0.29, 0.717) is 22.6 Å². The van der Waals surface area contributed by atoms with E-state index in [1.807, 2.05) is 18.4 Å². The van der Waals surface area contributed by atoms with Crippen LogP contribution in [0.2, 0.25) is 0 Å². The molecular weight excluding hydrogens is 353 g/mol. The molecule has 3 heterocycles. The van der Waals surface area contributed by atoms with Gasteiger partial charge in [0.25, 0.3) is 0 Å². The molecule has 1 aliphatic rings. The quantitative estimate of drug-likeness (QED) is 0.743. The SMILES string of the molecule is Cc1cc(C2=NNC(=Nc3ccccc3F)SC2)c(C)n1-c1ncn[nH]1. The molecule has 2 N–H and O–H groups in total. The Morgan fingerprint density at radius 2 is 2.12 bits per heavy atom. The Bertz CT molecular complexity index is 1000. The first-order valence-electron chi connectivity index (χ1n) is 7.97. The van der Waals surface area contributed by atoms with E-state index in [4.69, 9.17) is 0 Å². The number of benzene rings is 1. The van der Waals surface area contributed by atoms with E-state index in [2.05, 4.69) is 36.8 Å². The topological polar surface area (TPSA) is 83.2 Å². The molecule has 0 unspecified atom stereocenters. The van der Waals surface area contributed by atoms with Gasteiger partial charge < -0.3 is 0 Å². The second kappa shape index (κ2) is 6.75. The molecule has 9 heteroatoms. The predicted octanol–water partition coefficient (Wildman–Crippen LogP) is 3.08. The molecule has 0 saturated carbocycles. The minimum atomic E-state index is -0.354. The largest absolute Gasteiger partial charge is 0.287 e. The van der Waals surface area contributed by atoms with Crippen molar-refractivity contribution in [1.29, 1.82) is 0 Å². The normalized spacial score (nSPS) is 15.8. The summed E-state index contributed by atoms with van der Waals surface area (Å²) in [5, 5.41) is 11.8. The molecule has 1 aromatic carbocycles. The van der Waals surface area contributed by atoms with Crippen LogP contribution in [0, 0.1) is 19.7 Å². The van der Waals surface area contributed by atoms with E-state index in [1.54, 1.807) is 18.2 Å². The number of hydrogen-bond acceptors (Lipinski definition) is 5. The van der Waals surface area contributed by atoms with Crippen LogP contribution in [0.4, 0.5) is 10.1 Å². The minimum Gasteiger partial charge on any atom is -0.287 e. The molecule has 7 nitrogen and oxygen atoms in total. The Hall–Kier alpha value is -2.94. The Labute approximate surface area is 153 Å². The highest BCUT2D eigenvalue weighted by atomic mass is 32.2. The summed E-state index contributed by atoms with van der Waals surface area (Å²) >= 11 is 1.49. The first kappa shape index (κ1) is 16.5. The van der Waals surface area contributed by atoms with Crippen LogP contribution in [-0.2, 0) is 0 Å². The van der Waals surface area contributed by atoms with Crippen molar-refractivity contribution >= 4 is 28.3 Å². The number of rotatable bonds is 3. The fraction of sp³-hybridized carbons (Fsp3) is 0.176. The average molecular weight is 369 g/mol. The predicted molar refractivity (Wildman–Crippen MR) is 101 cm³/mol. The maximum Gasteiger partial charge on any atom is 0.229 e. The van der Waals surface area contributed by atoms with Gasteiger partial charge >= 0.3 is 0 Å². The number of nitrogens with zero attached hydrogens (tertiary/aromatic N) is 5. The Morgan fingerprint density at radius 1 is 1.27 bits per heavy atom. The molecule has 3 aromatic rings. The molecule has 1 aliphatic heterocycles. The van der Waals surface area contributed by atoms with Gasteiger partial charge in [-0.05, 0) is 32.0 Å². The van der Waals surface area contributed by atoms with E-state index < -0.39 is 0 Å². The van der Waals surface area contributed by atoms with E-state index >= 15 is 0 Å². The van der Waals surface area contributed by atoms with Gasteiger partial charge in [-0.2, -0.15) is 15.2 Å². The molecule has 0 fully saturated rings. The second-order valence-corrected chi connectivity index (χ2v) is 6.72. The Kier molecular flexibility index (Phi) is 4.29. The van der Waals surface area contributed by atoms with Gasteiger partial charge in [-0.15, -0.1) is 0 Å². The van der Waals surface area contributed by atoms with E-state index in [9.17, 15) is 4.39 Å². The number of halogens is 1. The summed E-state index contributed by atoms with van der Waals surface area (Å²) in [5.41, 5.74) is 7.21. The van der Waals surface area contributed by atoms with Crippen molar-refractivity contribution in [3.8, 4) is 5.95 Å². The molecular formula is C17H16FN7S. The standard InChI is InChI=1S/C17H16FN7S/c1-10-7-12(11(2)25(10)16-19-9-20-23-16)15-8-26-17(24-22-15)21-14-6-4-3-5-13(14)18/h3-7,9H,8H2,1-2H3,(H,21,24)(H,19,20,23). The summed E-state index contributed by atoms with van der Waals surface area (Å²) in [6.07, 6.45) is 1.48. The summed E-state index contributed by atoms with van der Waals surface area (Å²) < 4.78 is 15.7. The molecule has 132 valence electrons. The lowest BCUT2D eigenvalue weighted by Crippen LogP contribution is -2.25. The van der Waals surface area contributed by atoms with Crippen LogP contribution in [0.25, 0.3) is 5.95 Å². The summed E-state index contributed by atoms with van der Waals surface area (Å²) in [7, 11) is 0. The number of hydrazone groups is 1. The van der Waals surface area contributed by atoms with Crippen molar-refractivity contribution in [2.75, 3.05) is 5.75 Å². The number of aryl methyl sites for hydroxylation is 1. The van der Waals surface area contributed by atoms with Crippen molar-refractivity contribution in [3.63, 3.8) is 0 Å². The summed E-state index contributed by atoms with van der Waals surface area (Å²) in [4.78, 5) is 8.50. The van der Waals surface area contributed by atoms with E-state index in [0.717, 1.165) is 22.7 Å². The lowest BCUT2D eigenvalue weighted by molar-refractivity contribution is 0.630. The van der Waals surface area contributed by atoms with E-state index in [1.165, 1.54) is 24.2 Å². The molecule has 0 atom stereocenters. The number of aliphatic imine (C=N–C) groups is 1. The van der Waals surface area contributed by atoms with E-state index in [-0.39, 0.29) is 5.82 Å². The number of H-pyrrole nitrogens is 1. The fourth-order valence-electron chi connectivity index (χ4n) is 2.85. The van der Waals surface area contributed by atoms with Crippen molar-refractivity contribution in [1.82, 2.24) is 25.2 Å². The fourth-order valence-corrected chi connectivity index (χ4v) is 3.62. The molecule has 0 saturated heterocycles. The van der Waals surface area contributed by atoms with Gasteiger partial charge in [0.2, 0.25) is 5.95 Å². The smallest absolute Gasteiger partial charge is 0.229 e. The molecule has 0 amide bonds. The van der Waals surface area contributed by atoms with Gasteiger partial charge in [-0.25, -0.2) is 14.5 Å². The van der Waals surface area contributed by atoms with Gasteiger partial charge in [0.15, 0.2) is 5.17 Å². The lowest BCUT2D eigenvalue weighted by Gasteiger charge is -2.15. The number of amidine groups is 1. The molecule has 0 aliphatic carbocycles. The van der Waals surface area contributed by atoms with Crippen LogP contribution in [0.15, 0.2) is 46.8 Å². The number of aromatic amines is 1. The highest BCUT2D eigenvalue weighted by molar-refractivity contribution is 8.14. The van der Waals surface area contributed by atoms with Crippen molar-refractivity contribution in [3.05, 3.63) is 59.4 Å². The zero-order valence-corrected chi connectivity index (χ0v) is 15.0. The van der Waals surface area contributed by atoms with Gasteiger partial charge in [0.1, 0.15) is 17.8 Å². The Morgan fingerprint density at radius 3 is 2.81 bits per heavy atom. The molecule has 26 heavy (non-hydrogen) atoms. The minimum absolute atomic E-state index is 0.296. The van der Waals surface area contributed by atoms with Gasteiger partial charge in [0, 0.05) is 22.7 Å². The summed E-state index contributed by atoms with van der Waals surface area (Å²) in [5.74, 6) is 0.957. The number of thioether (sulfide) groups is 1. The Balaban J connectivity index is 1.61. The maximum atomic E-state index is 13.7. The number of nitrogens with one attached hydrogen (secondary N) is 2. The van der Waals surface area contributed by atoms with Gasteiger partial charge in [0.05, 0.1) is 5.71 Å². The third-order valence-corrected chi connectivity index (χ3v) is 4.94. The van der Waals surface area contributed by atoms with Crippen LogP contribution in [-0.4, -0.2) is 36.4 Å². The van der Waals surface area contributed by atoms with Crippen LogP contribution in [0.3, 0.4) is 0 Å². The second-order valence-electron chi connectivity index (χ2n) is 5.76. The summed E-state index contributed by atoms with van der Waals surface area (Å²) in [6.45, 7) is 4.02. The highest BCUT2D eigenvalue weighted by Gasteiger charge is 2.20. The monoisotopic (exact) mass is 369 g/mol. The molecule has 2 aromatic heterocycles. The zero-order chi connectivity index (χ0) is 18.1. The molecule has 0 bridgehead atoms. The van der Waals surface area contributed by atoms with Crippen molar-refractivity contribution in [2.45, 2.75) is 13.8 Å². The first-order chi connectivity index (χ1) is 12.6. The van der Waals surface area contributed by atoms with Crippen LogP contribution < -0.4 is 5.43 Å². The van der Waals surface area contributed by atoms with Gasteiger partial charge in [-0.3, -0.25) is 9.99 Å². The van der Waals surface area contributed by atoms with Gasteiger partial charge in [-0.1, -0.05) is 23.9 Å². The first-order valence-corrected chi connectivity index (χ1v) is 8.95. The number of hydrogen-bond donors (Lipinski definition) is 2. The average Bonchev–Trinajstić information content (AvgIpc) is 3.25. The van der Waals surface area contributed by atoms with Crippen LogP contribution in [0.1, 0.15) is 17.0 Å². The lowest BCUT2D eigenvalue weighted by atomic mass is 10.1. The van der Waals surface area contributed by atoms with Crippen LogP contribution >= 0.6 is 11.8 Å².